The Morgan fingerprint density at radius 3 is 2.47 bits per heavy atom. The van der Waals surface area contributed by atoms with E-state index in [9.17, 15) is 0 Å². The molecule has 1 aromatic rings. The van der Waals surface area contributed by atoms with Gasteiger partial charge < -0.3 is 5.73 Å². The SMILES string of the molecule is CN(Cc1nc(C(C)(C)C)cs1)C1CCC(N)CC1. The lowest BCUT2D eigenvalue weighted by atomic mass is 9.91. The average Bonchev–Trinajstić information content (AvgIpc) is 2.78. The van der Waals surface area contributed by atoms with Crippen LogP contribution >= 0.6 is 11.3 Å². The number of hydrogen-bond donors (Lipinski definition) is 1. The maximum Gasteiger partial charge on any atom is 0.107 e. The van der Waals surface area contributed by atoms with E-state index in [0.717, 1.165) is 6.54 Å². The first-order chi connectivity index (χ1) is 8.86. The van der Waals surface area contributed by atoms with Crippen molar-refractivity contribution in [1.82, 2.24) is 9.88 Å². The molecule has 0 bridgehead atoms. The third kappa shape index (κ3) is 4.01. The van der Waals surface area contributed by atoms with Crippen LogP contribution in [0.4, 0.5) is 0 Å². The van der Waals surface area contributed by atoms with Crippen LogP contribution < -0.4 is 5.73 Å². The molecule has 1 heterocycles. The van der Waals surface area contributed by atoms with Crippen LogP contribution in [-0.2, 0) is 12.0 Å². The zero-order valence-corrected chi connectivity index (χ0v) is 13.5. The van der Waals surface area contributed by atoms with Gasteiger partial charge in [0.05, 0.1) is 12.2 Å². The fourth-order valence-corrected chi connectivity index (χ4v) is 3.70. The Kier molecular flexibility index (Phi) is 4.64. The van der Waals surface area contributed by atoms with Gasteiger partial charge in [0.15, 0.2) is 0 Å². The standard InChI is InChI=1S/C15H27N3S/c1-15(2,3)13-10-19-14(17-13)9-18(4)12-7-5-11(16)6-8-12/h10-12H,5-9,16H2,1-4H3. The number of nitrogens with zero attached hydrogens (tertiary/aromatic N) is 2. The Morgan fingerprint density at radius 1 is 1.32 bits per heavy atom. The van der Waals surface area contributed by atoms with Gasteiger partial charge in [-0.05, 0) is 32.7 Å². The Balaban J connectivity index is 1.92. The molecule has 19 heavy (non-hydrogen) atoms. The Bertz CT molecular complexity index is 400. The van der Waals surface area contributed by atoms with Crippen molar-refractivity contribution in [2.45, 2.75) is 70.5 Å². The third-order valence-corrected chi connectivity index (χ3v) is 4.90. The molecule has 0 aromatic carbocycles. The molecule has 2 N–H and O–H groups in total. The van der Waals surface area contributed by atoms with Crippen molar-refractivity contribution in [2.75, 3.05) is 7.05 Å². The zero-order chi connectivity index (χ0) is 14.0. The Labute approximate surface area is 121 Å². The summed E-state index contributed by atoms with van der Waals surface area (Å²) in [7, 11) is 2.22. The summed E-state index contributed by atoms with van der Waals surface area (Å²) in [6.45, 7) is 7.63. The van der Waals surface area contributed by atoms with E-state index in [2.05, 4.69) is 38.1 Å². The maximum absolute atomic E-state index is 5.97. The zero-order valence-electron chi connectivity index (χ0n) is 12.6. The van der Waals surface area contributed by atoms with Crippen molar-refractivity contribution in [3.8, 4) is 0 Å². The van der Waals surface area contributed by atoms with Crippen LogP contribution in [-0.4, -0.2) is 29.0 Å². The Morgan fingerprint density at radius 2 is 1.95 bits per heavy atom. The van der Waals surface area contributed by atoms with Crippen LogP contribution in [0.1, 0.15) is 57.2 Å². The first-order valence-corrected chi connectivity index (χ1v) is 8.15. The quantitative estimate of drug-likeness (QED) is 0.925. The number of aromatic nitrogens is 1. The second-order valence-electron chi connectivity index (χ2n) is 6.86. The average molecular weight is 281 g/mol. The van der Waals surface area contributed by atoms with E-state index in [4.69, 9.17) is 10.7 Å². The molecule has 0 saturated heterocycles. The third-order valence-electron chi connectivity index (χ3n) is 4.07. The molecule has 2 rings (SSSR count). The number of nitrogens with two attached hydrogens (primary N) is 1. The normalized spacial score (nSPS) is 24.9. The van der Waals surface area contributed by atoms with Gasteiger partial charge in [-0.15, -0.1) is 11.3 Å². The minimum atomic E-state index is 0.158. The molecule has 0 atom stereocenters. The van der Waals surface area contributed by atoms with Crippen molar-refractivity contribution in [2.24, 2.45) is 5.73 Å². The van der Waals surface area contributed by atoms with Crippen LogP contribution in [0, 0.1) is 0 Å². The highest BCUT2D eigenvalue weighted by atomic mass is 32.1. The summed E-state index contributed by atoms with van der Waals surface area (Å²) >= 11 is 1.79. The molecular weight excluding hydrogens is 254 g/mol. The largest absolute Gasteiger partial charge is 0.328 e. The van der Waals surface area contributed by atoms with Gasteiger partial charge in [0.25, 0.3) is 0 Å². The van der Waals surface area contributed by atoms with Crippen LogP contribution in [0.25, 0.3) is 0 Å². The smallest absolute Gasteiger partial charge is 0.107 e. The van der Waals surface area contributed by atoms with Gasteiger partial charge in [-0.2, -0.15) is 0 Å². The van der Waals surface area contributed by atoms with E-state index in [1.165, 1.54) is 36.4 Å². The van der Waals surface area contributed by atoms with Gasteiger partial charge >= 0.3 is 0 Å². The molecule has 0 radical (unpaired) electrons. The summed E-state index contributed by atoms with van der Waals surface area (Å²) in [4.78, 5) is 7.24. The predicted molar refractivity (Wildman–Crippen MR) is 82.5 cm³/mol. The van der Waals surface area contributed by atoms with E-state index < -0.39 is 0 Å². The monoisotopic (exact) mass is 281 g/mol. The first kappa shape index (κ1) is 14.9. The molecule has 0 unspecified atom stereocenters. The lowest BCUT2D eigenvalue weighted by molar-refractivity contribution is 0.176. The second-order valence-corrected chi connectivity index (χ2v) is 7.80. The summed E-state index contributed by atoms with van der Waals surface area (Å²) in [6.07, 6.45) is 4.80. The summed E-state index contributed by atoms with van der Waals surface area (Å²) in [6, 6.07) is 1.11. The topological polar surface area (TPSA) is 42.2 Å². The van der Waals surface area contributed by atoms with Crippen molar-refractivity contribution in [3.05, 3.63) is 16.1 Å². The van der Waals surface area contributed by atoms with Crippen molar-refractivity contribution >= 4 is 11.3 Å². The van der Waals surface area contributed by atoms with Gasteiger partial charge in [-0.25, -0.2) is 4.98 Å². The summed E-state index contributed by atoms with van der Waals surface area (Å²) in [5.74, 6) is 0. The van der Waals surface area contributed by atoms with Gasteiger partial charge in [-0.3, -0.25) is 4.90 Å². The second kappa shape index (κ2) is 5.90. The predicted octanol–water partition coefficient (Wildman–Crippen LogP) is 3.14. The summed E-state index contributed by atoms with van der Waals surface area (Å²) < 4.78 is 0. The molecule has 3 nitrogen and oxygen atoms in total. The van der Waals surface area contributed by atoms with E-state index in [1.807, 2.05) is 0 Å². The van der Waals surface area contributed by atoms with E-state index >= 15 is 0 Å². The van der Waals surface area contributed by atoms with Gasteiger partial charge in [-0.1, -0.05) is 20.8 Å². The van der Waals surface area contributed by atoms with Crippen LogP contribution in [0.3, 0.4) is 0 Å². The summed E-state index contributed by atoms with van der Waals surface area (Å²) in [5.41, 5.74) is 7.34. The first-order valence-electron chi connectivity index (χ1n) is 7.27. The van der Waals surface area contributed by atoms with Crippen LogP contribution in [0.15, 0.2) is 5.38 Å². The fourth-order valence-electron chi connectivity index (χ4n) is 2.61. The molecule has 0 spiro atoms. The highest BCUT2D eigenvalue weighted by Gasteiger charge is 2.23. The molecule has 1 aliphatic carbocycles. The molecule has 1 aliphatic rings. The molecular formula is C15H27N3S. The molecule has 1 saturated carbocycles. The van der Waals surface area contributed by atoms with Crippen molar-refractivity contribution in [3.63, 3.8) is 0 Å². The summed E-state index contributed by atoms with van der Waals surface area (Å²) in [5, 5.41) is 3.45. The van der Waals surface area contributed by atoms with E-state index in [-0.39, 0.29) is 5.41 Å². The minimum Gasteiger partial charge on any atom is -0.328 e. The highest BCUT2D eigenvalue weighted by Crippen LogP contribution is 2.26. The lowest BCUT2D eigenvalue weighted by Crippen LogP contribution is -2.38. The molecule has 1 fully saturated rings. The van der Waals surface area contributed by atoms with Gasteiger partial charge in [0.2, 0.25) is 0 Å². The van der Waals surface area contributed by atoms with Crippen molar-refractivity contribution < 1.29 is 0 Å². The number of rotatable bonds is 3. The number of hydrogen-bond acceptors (Lipinski definition) is 4. The number of thiazole rings is 1. The van der Waals surface area contributed by atoms with Gasteiger partial charge in [0, 0.05) is 22.9 Å². The lowest BCUT2D eigenvalue weighted by Gasteiger charge is -2.33. The molecule has 0 amide bonds. The fraction of sp³-hybridized carbons (Fsp3) is 0.800. The van der Waals surface area contributed by atoms with E-state index in [0.29, 0.717) is 12.1 Å². The molecule has 1 aromatic heterocycles. The molecule has 0 aliphatic heterocycles. The van der Waals surface area contributed by atoms with Gasteiger partial charge in [0.1, 0.15) is 5.01 Å². The molecule has 108 valence electrons. The Hall–Kier alpha value is -0.450. The highest BCUT2D eigenvalue weighted by molar-refractivity contribution is 7.09. The maximum atomic E-state index is 5.97. The minimum absolute atomic E-state index is 0.158. The van der Waals surface area contributed by atoms with Crippen LogP contribution in [0.2, 0.25) is 0 Å². The van der Waals surface area contributed by atoms with E-state index in [1.54, 1.807) is 11.3 Å². The van der Waals surface area contributed by atoms with Crippen LogP contribution in [0.5, 0.6) is 0 Å². The molecule has 4 heteroatoms. The van der Waals surface area contributed by atoms with Crippen molar-refractivity contribution in [1.29, 1.82) is 0 Å².